The minimum atomic E-state index is -1.01. The second-order valence-electron chi connectivity index (χ2n) is 5.76. The van der Waals surface area contributed by atoms with Crippen LogP contribution in [0.2, 0.25) is 0 Å². The number of fused-ring (bicyclic) bond motifs is 1. The number of carbonyl (C=O) groups is 1. The Labute approximate surface area is 141 Å². The van der Waals surface area contributed by atoms with Gasteiger partial charge in [0.15, 0.2) is 0 Å². The Hall–Kier alpha value is -2.56. The van der Waals surface area contributed by atoms with Gasteiger partial charge in [-0.3, -0.25) is 0 Å². The van der Waals surface area contributed by atoms with Gasteiger partial charge >= 0.3 is 5.97 Å². The summed E-state index contributed by atoms with van der Waals surface area (Å²) in [6.45, 7) is 4.28. The molecule has 2 aromatic rings. The Morgan fingerprint density at radius 3 is 2.79 bits per heavy atom. The fourth-order valence-corrected chi connectivity index (χ4v) is 2.81. The summed E-state index contributed by atoms with van der Waals surface area (Å²) in [6, 6.07) is 14.0. The first-order valence-electron chi connectivity index (χ1n) is 8.20. The van der Waals surface area contributed by atoms with Gasteiger partial charge in [0.05, 0.1) is 12.3 Å². The van der Waals surface area contributed by atoms with Gasteiger partial charge in [-0.25, -0.2) is 4.79 Å². The number of carbonyl (C=O) groups excluding carboxylic acids is 1. The fraction of sp³-hybridized carbons (Fsp3) is 0.368. The number of hydrogen-bond acceptors (Lipinski definition) is 5. The van der Waals surface area contributed by atoms with Gasteiger partial charge in [0.2, 0.25) is 5.60 Å². The maximum atomic E-state index is 12.1. The zero-order valence-electron chi connectivity index (χ0n) is 14.0. The van der Waals surface area contributed by atoms with Crippen molar-refractivity contribution in [2.75, 3.05) is 13.2 Å². The molecule has 3 rings (SSSR count). The lowest BCUT2D eigenvalue weighted by atomic mass is 9.95. The summed E-state index contributed by atoms with van der Waals surface area (Å²) in [4.78, 5) is 17.6. The van der Waals surface area contributed by atoms with E-state index in [1.165, 1.54) is 0 Å². The number of ether oxygens (including phenoxy) is 2. The third kappa shape index (κ3) is 3.07. The zero-order valence-corrected chi connectivity index (χ0v) is 14.0. The predicted octanol–water partition coefficient (Wildman–Crippen LogP) is 3.71. The van der Waals surface area contributed by atoms with Crippen LogP contribution in [0.1, 0.15) is 26.7 Å². The first-order chi connectivity index (χ1) is 11.7. The molecule has 0 fully saturated rings. The highest BCUT2D eigenvalue weighted by atomic mass is 16.7. The molecule has 0 saturated carbocycles. The van der Waals surface area contributed by atoms with Crippen molar-refractivity contribution in [1.29, 1.82) is 0 Å². The molecular formula is C19H21NO4. The molecule has 1 aliphatic rings. The zero-order chi connectivity index (χ0) is 17.0. The third-order valence-corrected chi connectivity index (χ3v) is 4.20. The van der Waals surface area contributed by atoms with Crippen LogP contribution < -0.4 is 4.74 Å². The summed E-state index contributed by atoms with van der Waals surface area (Å²) in [5.41, 5.74) is -0.300. The van der Waals surface area contributed by atoms with Crippen LogP contribution in [-0.2, 0) is 14.4 Å². The first-order valence-corrected chi connectivity index (χ1v) is 8.20. The summed E-state index contributed by atoms with van der Waals surface area (Å²) in [5.74, 6) is 0.428. The SMILES string of the molecule is CCOC(=O)C1(CC)CC(COc2cccc3ccccc23)=NO1. The van der Waals surface area contributed by atoms with Crippen LogP contribution in [0.25, 0.3) is 10.8 Å². The summed E-state index contributed by atoms with van der Waals surface area (Å²) < 4.78 is 11.0. The lowest BCUT2D eigenvalue weighted by Gasteiger charge is -2.22. The first kappa shape index (κ1) is 16.3. The van der Waals surface area contributed by atoms with E-state index in [0.717, 1.165) is 16.5 Å². The van der Waals surface area contributed by atoms with Crippen molar-refractivity contribution in [3.8, 4) is 5.75 Å². The topological polar surface area (TPSA) is 57.1 Å². The second kappa shape index (κ2) is 6.91. The van der Waals surface area contributed by atoms with Crippen molar-refractivity contribution in [3.63, 3.8) is 0 Å². The van der Waals surface area contributed by atoms with Crippen molar-refractivity contribution < 1.29 is 19.1 Å². The molecule has 0 saturated heterocycles. The monoisotopic (exact) mass is 327 g/mol. The van der Waals surface area contributed by atoms with E-state index >= 15 is 0 Å². The molecular weight excluding hydrogens is 306 g/mol. The van der Waals surface area contributed by atoms with E-state index in [1.807, 2.05) is 49.4 Å². The van der Waals surface area contributed by atoms with E-state index in [2.05, 4.69) is 5.16 Å². The van der Waals surface area contributed by atoms with E-state index in [0.29, 0.717) is 25.2 Å². The molecule has 24 heavy (non-hydrogen) atoms. The van der Waals surface area contributed by atoms with E-state index in [4.69, 9.17) is 14.3 Å². The van der Waals surface area contributed by atoms with Crippen LogP contribution >= 0.6 is 0 Å². The van der Waals surface area contributed by atoms with Gasteiger partial charge in [0, 0.05) is 11.8 Å². The van der Waals surface area contributed by atoms with E-state index < -0.39 is 5.60 Å². The van der Waals surface area contributed by atoms with Gasteiger partial charge in [-0.1, -0.05) is 48.5 Å². The average molecular weight is 327 g/mol. The molecule has 0 radical (unpaired) electrons. The minimum absolute atomic E-state index is 0.287. The second-order valence-corrected chi connectivity index (χ2v) is 5.76. The maximum absolute atomic E-state index is 12.1. The fourth-order valence-electron chi connectivity index (χ4n) is 2.81. The van der Waals surface area contributed by atoms with Crippen molar-refractivity contribution in [1.82, 2.24) is 0 Å². The number of nitrogens with zero attached hydrogens (tertiary/aromatic N) is 1. The van der Waals surface area contributed by atoms with Crippen molar-refractivity contribution in [2.24, 2.45) is 5.16 Å². The highest BCUT2D eigenvalue weighted by Gasteiger charge is 2.46. The molecule has 126 valence electrons. The summed E-state index contributed by atoms with van der Waals surface area (Å²) in [6.07, 6.45) is 0.903. The lowest BCUT2D eigenvalue weighted by Crippen LogP contribution is -2.40. The van der Waals surface area contributed by atoms with Gasteiger partial charge in [-0.15, -0.1) is 0 Å². The minimum Gasteiger partial charge on any atom is -0.487 e. The van der Waals surface area contributed by atoms with Crippen LogP contribution in [-0.4, -0.2) is 30.5 Å². The molecule has 2 aromatic carbocycles. The average Bonchev–Trinajstić information content (AvgIpc) is 3.05. The molecule has 0 amide bonds. The largest absolute Gasteiger partial charge is 0.487 e. The number of benzene rings is 2. The van der Waals surface area contributed by atoms with Gasteiger partial charge in [-0.05, 0) is 24.8 Å². The number of rotatable bonds is 6. The van der Waals surface area contributed by atoms with E-state index in [9.17, 15) is 4.79 Å². The maximum Gasteiger partial charge on any atom is 0.353 e. The van der Waals surface area contributed by atoms with Crippen LogP contribution in [0.15, 0.2) is 47.6 Å². The van der Waals surface area contributed by atoms with Gasteiger partial charge in [-0.2, -0.15) is 0 Å². The summed E-state index contributed by atoms with van der Waals surface area (Å²) in [7, 11) is 0. The molecule has 5 heteroatoms. The molecule has 5 nitrogen and oxygen atoms in total. The molecule has 0 aromatic heterocycles. The third-order valence-electron chi connectivity index (χ3n) is 4.20. The molecule has 0 N–H and O–H groups in total. The Morgan fingerprint density at radius 1 is 1.21 bits per heavy atom. The van der Waals surface area contributed by atoms with Gasteiger partial charge in [0.1, 0.15) is 12.4 Å². The highest BCUT2D eigenvalue weighted by Crippen LogP contribution is 2.30. The van der Waals surface area contributed by atoms with Crippen LogP contribution in [0, 0.1) is 0 Å². The smallest absolute Gasteiger partial charge is 0.353 e. The Balaban J connectivity index is 1.68. The van der Waals surface area contributed by atoms with Gasteiger partial charge < -0.3 is 14.3 Å². The number of esters is 1. The molecule has 1 atom stereocenters. The highest BCUT2D eigenvalue weighted by molar-refractivity contribution is 5.95. The summed E-state index contributed by atoms with van der Waals surface area (Å²) in [5, 5.41) is 6.22. The quantitative estimate of drug-likeness (QED) is 0.759. The molecule has 0 aliphatic carbocycles. The van der Waals surface area contributed by atoms with Crippen molar-refractivity contribution in [3.05, 3.63) is 42.5 Å². The Morgan fingerprint density at radius 2 is 2.00 bits per heavy atom. The molecule has 1 aliphatic heterocycles. The van der Waals surface area contributed by atoms with Crippen molar-refractivity contribution >= 4 is 22.5 Å². The normalized spacial score (nSPS) is 19.7. The van der Waals surface area contributed by atoms with Crippen molar-refractivity contribution in [2.45, 2.75) is 32.3 Å². The van der Waals surface area contributed by atoms with E-state index in [-0.39, 0.29) is 12.6 Å². The van der Waals surface area contributed by atoms with E-state index in [1.54, 1.807) is 6.92 Å². The Bertz CT molecular complexity index is 766. The predicted molar refractivity (Wildman–Crippen MR) is 92.2 cm³/mol. The molecule has 0 bridgehead atoms. The summed E-state index contributed by atoms with van der Waals surface area (Å²) >= 11 is 0. The molecule has 1 unspecified atom stereocenters. The molecule has 0 spiro atoms. The number of hydrogen-bond donors (Lipinski definition) is 0. The standard InChI is InChI=1S/C19H21NO4/c1-3-19(18(21)22-4-2)12-15(20-24-19)13-23-17-11-7-9-14-8-5-6-10-16(14)17/h5-11H,3-4,12-13H2,1-2H3. The Kier molecular flexibility index (Phi) is 4.69. The van der Waals surface area contributed by atoms with Gasteiger partial charge in [0.25, 0.3) is 0 Å². The number of oxime groups is 1. The molecule has 1 heterocycles. The van der Waals surface area contributed by atoms with Crippen LogP contribution in [0.4, 0.5) is 0 Å². The lowest BCUT2D eigenvalue weighted by molar-refractivity contribution is -0.169. The van der Waals surface area contributed by atoms with Crippen LogP contribution in [0.5, 0.6) is 5.75 Å². The van der Waals surface area contributed by atoms with Crippen LogP contribution in [0.3, 0.4) is 0 Å².